The summed E-state index contributed by atoms with van der Waals surface area (Å²) in [7, 11) is 1.27. The maximum atomic E-state index is 12.1. The summed E-state index contributed by atoms with van der Waals surface area (Å²) in [5.74, 6) is -1.00. The van der Waals surface area contributed by atoms with Crippen LogP contribution in [0.2, 0.25) is 0 Å². The van der Waals surface area contributed by atoms with E-state index in [1.807, 2.05) is 0 Å². The molecule has 1 aliphatic rings. The zero-order chi connectivity index (χ0) is 12.9. The van der Waals surface area contributed by atoms with Gasteiger partial charge in [0, 0.05) is 10.8 Å². The number of phenols is 1. The number of aromatic hydroxyl groups is 1. The first kappa shape index (κ1) is 10.7. The molecule has 0 bridgehead atoms. The average Bonchev–Trinajstić information content (AvgIpc) is 2.38. The first-order chi connectivity index (χ1) is 8.65. The lowest BCUT2D eigenvalue weighted by atomic mass is 9.94. The van der Waals surface area contributed by atoms with Crippen LogP contribution in [0.1, 0.15) is 20.7 Å². The fourth-order valence-electron chi connectivity index (χ4n) is 2.22. The summed E-state index contributed by atoms with van der Waals surface area (Å²) < 4.78 is 0. The average molecular weight is 243 g/mol. The summed E-state index contributed by atoms with van der Waals surface area (Å²) in [6.07, 6.45) is 0. The summed E-state index contributed by atoms with van der Waals surface area (Å²) in [5, 5.41) is 11.4. The van der Waals surface area contributed by atoms with Crippen molar-refractivity contribution in [3.8, 4) is 5.75 Å². The Kier molecular flexibility index (Phi) is 2.11. The van der Waals surface area contributed by atoms with Gasteiger partial charge in [0.2, 0.25) is 0 Å². The quantitative estimate of drug-likeness (QED) is 0.774. The van der Waals surface area contributed by atoms with Gasteiger partial charge in [0.1, 0.15) is 5.75 Å². The normalized spacial score (nSPS) is 14.4. The van der Waals surface area contributed by atoms with E-state index in [1.54, 1.807) is 18.2 Å². The van der Waals surface area contributed by atoms with E-state index < -0.39 is 11.8 Å². The SMILES string of the molecule is CON1C(=O)c2cccc3c(O)ccc(c23)C1=O. The molecular weight excluding hydrogens is 234 g/mol. The Morgan fingerprint density at radius 1 is 1.06 bits per heavy atom. The van der Waals surface area contributed by atoms with E-state index in [9.17, 15) is 14.7 Å². The Morgan fingerprint density at radius 2 is 1.72 bits per heavy atom. The predicted molar refractivity (Wildman–Crippen MR) is 63.1 cm³/mol. The molecule has 0 saturated heterocycles. The highest BCUT2D eigenvalue weighted by atomic mass is 16.7. The van der Waals surface area contributed by atoms with Gasteiger partial charge >= 0.3 is 0 Å². The maximum Gasteiger partial charge on any atom is 0.285 e. The van der Waals surface area contributed by atoms with Gasteiger partial charge in [-0.2, -0.15) is 0 Å². The second kappa shape index (κ2) is 3.54. The highest BCUT2D eigenvalue weighted by Crippen LogP contribution is 2.34. The molecule has 0 fully saturated rings. The van der Waals surface area contributed by atoms with Crippen molar-refractivity contribution in [2.24, 2.45) is 0 Å². The molecule has 1 aliphatic heterocycles. The zero-order valence-electron chi connectivity index (χ0n) is 9.51. The number of nitrogens with zero attached hydrogens (tertiary/aromatic N) is 1. The largest absolute Gasteiger partial charge is 0.507 e. The van der Waals surface area contributed by atoms with Gasteiger partial charge in [-0.15, -0.1) is 5.06 Å². The number of carbonyl (C=O) groups excluding carboxylic acids is 2. The smallest absolute Gasteiger partial charge is 0.285 e. The molecular formula is C13H9NO4. The Balaban J connectivity index is 2.46. The van der Waals surface area contributed by atoms with Crippen LogP contribution in [-0.4, -0.2) is 29.1 Å². The van der Waals surface area contributed by atoms with Crippen molar-refractivity contribution in [2.75, 3.05) is 7.11 Å². The molecule has 2 amide bonds. The Morgan fingerprint density at radius 3 is 2.39 bits per heavy atom. The second-order valence-corrected chi connectivity index (χ2v) is 3.95. The number of amides is 2. The van der Waals surface area contributed by atoms with Crippen LogP contribution in [0.5, 0.6) is 5.75 Å². The second-order valence-electron chi connectivity index (χ2n) is 3.95. The molecule has 90 valence electrons. The van der Waals surface area contributed by atoms with Crippen molar-refractivity contribution >= 4 is 22.6 Å². The summed E-state index contributed by atoms with van der Waals surface area (Å²) in [6, 6.07) is 7.85. The summed E-state index contributed by atoms with van der Waals surface area (Å²) in [4.78, 5) is 28.9. The van der Waals surface area contributed by atoms with E-state index in [2.05, 4.69) is 0 Å². The first-order valence-corrected chi connectivity index (χ1v) is 5.32. The molecule has 2 aromatic rings. The molecule has 0 radical (unpaired) electrons. The van der Waals surface area contributed by atoms with Crippen LogP contribution in [0.3, 0.4) is 0 Å². The third kappa shape index (κ3) is 1.19. The fraction of sp³-hybridized carbons (Fsp3) is 0.0769. The van der Waals surface area contributed by atoms with Gasteiger partial charge in [-0.05, 0) is 18.2 Å². The third-order valence-electron chi connectivity index (χ3n) is 3.03. The fourth-order valence-corrected chi connectivity index (χ4v) is 2.22. The van der Waals surface area contributed by atoms with Crippen molar-refractivity contribution in [1.29, 1.82) is 0 Å². The van der Waals surface area contributed by atoms with Gasteiger partial charge in [0.05, 0.1) is 18.2 Å². The molecule has 18 heavy (non-hydrogen) atoms. The van der Waals surface area contributed by atoms with Crippen molar-refractivity contribution in [2.45, 2.75) is 0 Å². The Labute approximate surface area is 102 Å². The molecule has 5 nitrogen and oxygen atoms in total. The molecule has 0 aromatic heterocycles. The van der Waals surface area contributed by atoms with Crippen molar-refractivity contribution in [3.05, 3.63) is 41.5 Å². The maximum absolute atomic E-state index is 12.1. The number of carbonyl (C=O) groups is 2. The van der Waals surface area contributed by atoms with Crippen LogP contribution in [-0.2, 0) is 4.84 Å². The van der Waals surface area contributed by atoms with E-state index in [0.717, 1.165) is 0 Å². The molecule has 0 aliphatic carbocycles. The lowest BCUT2D eigenvalue weighted by molar-refractivity contribution is -0.0689. The minimum absolute atomic E-state index is 0.0436. The molecule has 0 atom stereocenters. The van der Waals surface area contributed by atoms with Crippen LogP contribution < -0.4 is 0 Å². The van der Waals surface area contributed by atoms with Crippen molar-refractivity contribution in [3.63, 3.8) is 0 Å². The monoisotopic (exact) mass is 243 g/mol. The van der Waals surface area contributed by atoms with Crippen LogP contribution in [0.4, 0.5) is 0 Å². The summed E-state index contributed by atoms with van der Waals surface area (Å²) in [5.41, 5.74) is 0.694. The van der Waals surface area contributed by atoms with Gasteiger partial charge < -0.3 is 5.11 Å². The van der Waals surface area contributed by atoms with E-state index >= 15 is 0 Å². The number of rotatable bonds is 1. The van der Waals surface area contributed by atoms with E-state index in [4.69, 9.17) is 4.84 Å². The molecule has 0 spiro atoms. The number of benzene rings is 2. The molecule has 0 saturated carbocycles. The molecule has 1 N–H and O–H groups in total. The number of hydroxylamine groups is 2. The highest BCUT2D eigenvalue weighted by Gasteiger charge is 2.33. The summed E-state index contributed by atoms with van der Waals surface area (Å²) in [6.45, 7) is 0. The number of imide groups is 1. The van der Waals surface area contributed by atoms with Gasteiger partial charge in [-0.3, -0.25) is 14.4 Å². The lowest BCUT2D eigenvalue weighted by Crippen LogP contribution is -2.39. The molecule has 0 unspecified atom stereocenters. The van der Waals surface area contributed by atoms with Crippen LogP contribution in [0, 0.1) is 0 Å². The topological polar surface area (TPSA) is 66.8 Å². The zero-order valence-corrected chi connectivity index (χ0v) is 9.51. The van der Waals surface area contributed by atoms with E-state index in [-0.39, 0.29) is 5.75 Å². The minimum atomic E-state index is -0.522. The van der Waals surface area contributed by atoms with Crippen molar-refractivity contribution < 1.29 is 19.5 Å². The third-order valence-corrected chi connectivity index (χ3v) is 3.03. The van der Waals surface area contributed by atoms with Gasteiger partial charge in [-0.1, -0.05) is 12.1 Å². The van der Waals surface area contributed by atoms with Crippen LogP contribution >= 0.6 is 0 Å². The number of hydrogen-bond donors (Lipinski definition) is 1. The van der Waals surface area contributed by atoms with Crippen LogP contribution in [0.25, 0.3) is 10.8 Å². The minimum Gasteiger partial charge on any atom is -0.507 e. The molecule has 1 heterocycles. The predicted octanol–water partition coefficient (Wildman–Crippen LogP) is 1.70. The molecule has 3 rings (SSSR count). The Hall–Kier alpha value is -2.40. The summed E-state index contributed by atoms with van der Waals surface area (Å²) >= 11 is 0. The number of hydrogen-bond acceptors (Lipinski definition) is 4. The van der Waals surface area contributed by atoms with Gasteiger partial charge in [0.15, 0.2) is 0 Å². The lowest BCUT2D eigenvalue weighted by Gasteiger charge is -2.24. The van der Waals surface area contributed by atoms with E-state index in [1.165, 1.54) is 19.2 Å². The number of phenolic OH excluding ortho intramolecular Hbond substituents is 1. The van der Waals surface area contributed by atoms with Crippen LogP contribution in [0.15, 0.2) is 30.3 Å². The standard InChI is InChI=1S/C13H9NO4/c1-18-14-12(16)8-4-2-3-7-10(15)6-5-9(11(7)8)13(14)17/h2-6,15H,1H3. The van der Waals surface area contributed by atoms with Gasteiger partial charge in [-0.25, -0.2) is 0 Å². The Bertz CT molecular complexity index is 670. The molecule has 2 aromatic carbocycles. The van der Waals surface area contributed by atoms with Gasteiger partial charge in [0.25, 0.3) is 11.8 Å². The molecule has 5 heteroatoms. The highest BCUT2D eigenvalue weighted by molar-refractivity contribution is 6.25. The first-order valence-electron chi connectivity index (χ1n) is 5.32. The van der Waals surface area contributed by atoms with E-state index in [0.29, 0.717) is 27.0 Å². The van der Waals surface area contributed by atoms with Crippen molar-refractivity contribution in [1.82, 2.24) is 5.06 Å².